The predicted molar refractivity (Wildman–Crippen MR) is 105 cm³/mol. The van der Waals surface area contributed by atoms with Crippen molar-refractivity contribution in [1.82, 2.24) is 30.6 Å². The molecule has 0 aliphatic carbocycles. The molecule has 0 bridgehead atoms. The van der Waals surface area contributed by atoms with E-state index in [0.29, 0.717) is 17.9 Å². The smallest absolute Gasteiger partial charge is 0.325 e. The number of H-pyrrole nitrogens is 1. The van der Waals surface area contributed by atoms with Crippen molar-refractivity contribution in [3.63, 3.8) is 0 Å². The van der Waals surface area contributed by atoms with Gasteiger partial charge in [-0.05, 0) is 36.6 Å². The maximum absolute atomic E-state index is 12.9. The molecule has 1 aliphatic rings. The molecule has 1 saturated heterocycles. The minimum Gasteiger partial charge on any atom is -0.384 e. The summed E-state index contributed by atoms with van der Waals surface area (Å²) in [4.78, 5) is 30.9. The number of aromatic amines is 1. The van der Waals surface area contributed by atoms with Crippen LogP contribution in [0, 0.1) is 5.92 Å². The third-order valence-corrected chi connectivity index (χ3v) is 5.11. The molecule has 4 rings (SSSR count). The van der Waals surface area contributed by atoms with Crippen molar-refractivity contribution in [3.05, 3.63) is 71.7 Å². The van der Waals surface area contributed by atoms with E-state index in [1.807, 2.05) is 43.3 Å². The first kappa shape index (κ1) is 18.6. The molecule has 0 spiro atoms. The van der Waals surface area contributed by atoms with E-state index in [1.165, 1.54) is 11.1 Å². The van der Waals surface area contributed by atoms with Crippen LogP contribution in [0.25, 0.3) is 0 Å². The molecule has 9 nitrogen and oxygen atoms in total. The van der Waals surface area contributed by atoms with Crippen molar-refractivity contribution >= 4 is 17.8 Å². The molecule has 3 aromatic rings. The molecule has 3 heterocycles. The van der Waals surface area contributed by atoms with Gasteiger partial charge in [0, 0.05) is 6.20 Å². The van der Waals surface area contributed by atoms with E-state index in [9.17, 15) is 9.59 Å². The predicted octanol–water partition coefficient (Wildman–Crippen LogP) is 1.99. The summed E-state index contributed by atoms with van der Waals surface area (Å²) in [6.07, 6.45) is 3.57. The van der Waals surface area contributed by atoms with Crippen LogP contribution in [-0.2, 0) is 11.2 Å². The molecule has 1 aromatic carbocycles. The minimum absolute atomic E-state index is 0.242. The normalized spacial score (nSPS) is 19.5. The lowest BCUT2D eigenvalue weighted by molar-refractivity contribution is -0.150. The van der Waals surface area contributed by atoms with Crippen molar-refractivity contribution < 1.29 is 9.59 Å². The maximum Gasteiger partial charge on any atom is 0.325 e. The first-order chi connectivity index (χ1) is 14.0. The van der Waals surface area contributed by atoms with Crippen molar-refractivity contribution in [3.8, 4) is 0 Å². The number of urea groups is 1. The van der Waals surface area contributed by atoms with Crippen LogP contribution in [0.1, 0.15) is 35.8 Å². The molecule has 3 amide bonds. The number of carbonyl (C=O) groups is 2. The summed E-state index contributed by atoms with van der Waals surface area (Å²) in [6.45, 7) is 1.87. The van der Waals surface area contributed by atoms with Crippen LogP contribution in [0.3, 0.4) is 0 Å². The molecule has 3 unspecified atom stereocenters. The molecule has 2 aromatic heterocycles. The Bertz CT molecular complexity index is 1010. The highest BCUT2D eigenvalue weighted by Gasteiger charge is 2.52. The second kappa shape index (κ2) is 7.70. The number of nitrogens with zero attached hydrogens (tertiary/aromatic N) is 4. The van der Waals surface area contributed by atoms with Crippen LogP contribution < -0.4 is 11.1 Å². The second-order valence-corrected chi connectivity index (χ2v) is 7.03. The fourth-order valence-electron chi connectivity index (χ4n) is 3.62. The van der Waals surface area contributed by atoms with Gasteiger partial charge in [0.2, 0.25) is 5.91 Å². The summed E-state index contributed by atoms with van der Waals surface area (Å²) < 4.78 is 0. The zero-order valence-corrected chi connectivity index (χ0v) is 15.8. The lowest BCUT2D eigenvalue weighted by Gasteiger charge is -2.44. The van der Waals surface area contributed by atoms with Crippen molar-refractivity contribution in [2.75, 3.05) is 5.73 Å². The highest BCUT2D eigenvalue weighted by Crippen LogP contribution is 2.41. The summed E-state index contributed by atoms with van der Waals surface area (Å²) in [5.74, 6) is -0.302. The average molecular weight is 391 g/mol. The van der Waals surface area contributed by atoms with Gasteiger partial charge in [0.25, 0.3) is 0 Å². The molecule has 3 atom stereocenters. The van der Waals surface area contributed by atoms with Gasteiger partial charge in [0.15, 0.2) is 0 Å². The average Bonchev–Trinajstić information content (AvgIpc) is 3.24. The van der Waals surface area contributed by atoms with Gasteiger partial charge in [-0.15, -0.1) is 0 Å². The highest BCUT2D eigenvalue weighted by molar-refractivity contribution is 6.01. The summed E-state index contributed by atoms with van der Waals surface area (Å²) in [5.41, 5.74) is 8.12. The number of benzene rings is 1. The van der Waals surface area contributed by atoms with E-state index in [2.05, 4.69) is 25.7 Å². The minimum atomic E-state index is -0.501. The maximum atomic E-state index is 12.9. The molecule has 0 saturated carbocycles. The quantitative estimate of drug-likeness (QED) is 0.570. The van der Waals surface area contributed by atoms with Crippen LogP contribution in [0.2, 0.25) is 0 Å². The van der Waals surface area contributed by atoms with E-state index >= 15 is 0 Å². The number of aromatic nitrogens is 4. The fourth-order valence-corrected chi connectivity index (χ4v) is 3.62. The van der Waals surface area contributed by atoms with Crippen LogP contribution in [-0.4, -0.2) is 37.2 Å². The number of hydrogen-bond donors (Lipinski definition) is 3. The third kappa shape index (κ3) is 3.66. The number of nitrogen functional groups attached to an aromatic ring is 1. The standard InChI is InChI=1S/C20H21N7O2/c1-12(14-5-3-2-4-6-14)24-20(29)27-18(16-11-23-26-25-16)15(19(27)28)9-13-7-8-22-17(21)10-13/h2-8,10-12,15,18H,9H2,1H3,(H2,21,22)(H,24,29)(H,23,25,26). The van der Waals surface area contributed by atoms with Crippen LogP contribution in [0.5, 0.6) is 0 Å². The van der Waals surface area contributed by atoms with Gasteiger partial charge in [-0.1, -0.05) is 30.3 Å². The van der Waals surface area contributed by atoms with Gasteiger partial charge >= 0.3 is 6.03 Å². The first-order valence-corrected chi connectivity index (χ1v) is 9.29. The topological polar surface area (TPSA) is 130 Å². The molecule has 29 heavy (non-hydrogen) atoms. The monoisotopic (exact) mass is 391 g/mol. The molecule has 9 heteroatoms. The highest BCUT2D eigenvalue weighted by atomic mass is 16.2. The number of rotatable bonds is 5. The first-order valence-electron chi connectivity index (χ1n) is 9.29. The van der Waals surface area contributed by atoms with E-state index in [1.54, 1.807) is 12.3 Å². The lowest BCUT2D eigenvalue weighted by Crippen LogP contribution is -2.61. The zero-order valence-electron chi connectivity index (χ0n) is 15.8. The number of nitrogens with one attached hydrogen (secondary N) is 2. The Balaban J connectivity index is 1.53. The SMILES string of the molecule is CC(NC(=O)N1C(=O)C(Cc2ccnc(N)c2)C1c1cn[nH]n1)c1ccccc1. The van der Waals surface area contributed by atoms with E-state index in [-0.39, 0.29) is 11.9 Å². The van der Waals surface area contributed by atoms with Crippen molar-refractivity contribution in [2.24, 2.45) is 5.92 Å². The van der Waals surface area contributed by atoms with Gasteiger partial charge in [0.05, 0.1) is 24.2 Å². The van der Waals surface area contributed by atoms with Crippen molar-refractivity contribution in [1.29, 1.82) is 0 Å². The fraction of sp³-hybridized carbons (Fsp3) is 0.250. The number of amides is 3. The Hall–Kier alpha value is -3.75. The number of likely N-dealkylation sites (tertiary alicyclic amines) is 1. The van der Waals surface area contributed by atoms with Gasteiger partial charge in [-0.3, -0.25) is 9.69 Å². The summed E-state index contributed by atoms with van der Waals surface area (Å²) in [6, 6.07) is 11.9. The summed E-state index contributed by atoms with van der Waals surface area (Å²) in [5, 5.41) is 13.4. The number of imide groups is 1. The number of anilines is 1. The zero-order chi connectivity index (χ0) is 20.4. The second-order valence-electron chi connectivity index (χ2n) is 7.03. The Labute approximate surface area is 167 Å². The van der Waals surface area contributed by atoms with Crippen LogP contribution in [0.4, 0.5) is 10.6 Å². The number of nitrogens with two attached hydrogens (primary N) is 1. The summed E-state index contributed by atoms with van der Waals surface area (Å²) in [7, 11) is 0. The molecule has 1 fully saturated rings. The van der Waals surface area contributed by atoms with Crippen LogP contribution >= 0.6 is 0 Å². The summed E-state index contributed by atoms with van der Waals surface area (Å²) >= 11 is 0. The van der Waals surface area contributed by atoms with E-state index < -0.39 is 18.0 Å². The number of β-lactam (4-membered cyclic amide) rings is 1. The molecular weight excluding hydrogens is 370 g/mol. The Morgan fingerprint density at radius 2 is 2.10 bits per heavy atom. The molecule has 1 aliphatic heterocycles. The van der Waals surface area contributed by atoms with Crippen LogP contribution in [0.15, 0.2) is 54.9 Å². The van der Waals surface area contributed by atoms with Crippen molar-refractivity contribution in [2.45, 2.75) is 25.4 Å². The molecular formula is C20H21N7O2. The largest absolute Gasteiger partial charge is 0.384 e. The Morgan fingerprint density at radius 3 is 2.79 bits per heavy atom. The van der Waals surface area contributed by atoms with Gasteiger partial charge < -0.3 is 11.1 Å². The number of hydrogen-bond acceptors (Lipinski definition) is 6. The van der Waals surface area contributed by atoms with E-state index in [0.717, 1.165) is 11.1 Å². The number of carbonyl (C=O) groups excluding carboxylic acids is 2. The van der Waals surface area contributed by atoms with Gasteiger partial charge in [-0.2, -0.15) is 15.4 Å². The van der Waals surface area contributed by atoms with E-state index in [4.69, 9.17) is 5.73 Å². The number of pyridine rings is 1. The third-order valence-electron chi connectivity index (χ3n) is 5.11. The Morgan fingerprint density at radius 1 is 1.31 bits per heavy atom. The molecule has 0 radical (unpaired) electrons. The Kier molecular flexibility index (Phi) is 4.94. The van der Waals surface area contributed by atoms with Gasteiger partial charge in [0.1, 0.15) is 11.5 Å². The lowest BCUT2D eigenvalue weighted by atomic mass is 9.81. The van der Waals surface area contributed by atoms with Gasteiger partial charge in [-0.25, -0.2) is 9.78 Å². The molecule has 148 valence electrons. The molecule has 4 N–H and O–H groups in total.